The highest BCUT2D eigenvalue weighted by Crippen LogP contribution is 2.39. The molecule has 0 unspecified atom stereocenters. The molecule has 152 valence electrons. The Bertz CT molecular complexity index is 940. The van der Waals surface area contributed by atoms with E-state index in [4.69, 9.17) is 0 Å². The molecule has 1 saturated heterocycles. The molecule has 29 heavy (non-hydrogen) atoms. The molecule has 2 atom stereocenters. The molecule has 3 rings (SSSR count). The highest BCUT2D eigenvalue weighted by atomic mass is 16.3. The number of rotatable bonds is 5. The van der Waals surface area contributed by atoms with Crippen LogP contribution < -0.4 is 0 Å². The molecule has 1 aliphatic rings. The Morgan fingerprint density at radius 3 is 2.10 bits per heavy atom. The zero-order valence-electron chi connectivity index (χ0n) is 17.2. The van der Waals surface area contributed by atoms with Crippen LogP contribution in [0.1, 0.15) is 55.0 Å². The van der Waals surface area contributed by atoms with Gasteiger partial charge in [-0.25, -0.2) is 0 Å². The summed E-state index contributed by atoms with van der Waals surface area (Å²) in [5.41, 5.74) is 3.42. The van der Waals surface area contributed by atoms with Crippen LogP contribution in [0.3, 0.4) is 0 Å². The fraction of sp³-hybridized carbons (Fsp3) is 0.333. The third kappa shape index (κ3) is 4.10. The van der Waals surface area contributed by atoms with E-state index in [1.54, 1.807) is 19.1 Å². The summed E-state index contributed by atoms with van der Waals surface area (Å²) in [7, 11) is 0. The number of aliphatic hydroxyl groups is 2. The van der Waals surface area contributed by atoms with E-state index in [1.165, 1.54) is 4.90 Å². The van der Waals surface area contributed by atoms with Gasteiger partial charge in [0.2, 0.25) is 0 Å². The maximum absolute atomic E-state index is 12.8. The molecule has 0 bridgehead atoms. The van der Waals surface area contributed by atoms with Gasteiger partial charge in [-0.15, -0.1) is 0 Å². The first kappa shape index (κ1) is 20.8. The quantitative estimate of drug-likeness (QED) is 0.458. The molecular formula is C24H27NO4. The van der Waals surface area contributed by atoms with E-state index in [1.807, 2.05) is 43.3 Å². The van der Waals surface area contributed by atoms with E-state index >= 15 is 0 Å². The van der Waals surface area contributed by atoms with Gasteiger partial charge < -0.3 is 15.1 Å². The second-order valence-electron chi connectivity index (χ2n) is 7.99. The van der Waals surface area contributed by atoms with E-state index in [9.17, 15) is 19.8 Å². The molecule has 5 heteroatoms. The molecule has 1 amide bonds. The number of amides is 1. The van der Waals surface area contributed by atoms with Gasteiger partial charge in [0.25, 0.3) is 11.7 Å². The van der Waals surface area contributed by atoms with Gasteiger partial charge in [0.05, 0.1) is 17.7 Å². The first-order valence-corrected chi connectivity index (χ1v) is 9.84. The van der Waals surface area contributed by atoms with Gasteiger partial charge in [-0.3, -0.25) is 9.59 Å². The summed E-state index contributed by atoms with van der Waals surface area (Å²) in [5.74, 6) is -1.30. The van der Waals surface area contributed by atoms with Crippen molar-refractivity contribution >= 4 is 17.4 Å². The van der Waals surface area contributed by atoms with E-state index in [0.717, 1.165) is 16.7 Å². The van der Waals surface area contributed by atoms with Gasteiger partial charge in [-0.1, -0.05) is 67.9 Å². The molecule has 1 fully saturated rings. The van der Waals surface area contributed by atoms with Crippen molar-refractivity contribution in [1.29, 1.82) is 0 Å². The molecule has 2 aromatic carbocycles. The van der Waals surface area contributed by atoms with Gasteiger partial charge in [0.1, 0.15) is 5.76 Å². The number of β-amino-alcohol motifs (C(OH)–C–C–N with tert-alkyl or cyclic N) is 1. The fourth-order valence-electron chi connectivity index (χ4n) is 3.63. The van der Waals surface area contributed by atoms with Gasteiger partial charge in [-0.2, -0.15) is 0 Å². The average Bonchev–Trinajstić information content (AvgIpc) is 2.92. The molecule has 0 spiro atoms. The molecule has 0 saturated carbocycles. The molecule has 1 heterocycles. The maximum Gasteiger partial charge on any atom is 0.295 e. The number of carbonyl (C=O) groups excluding carboxylic acids is 2. The van der Waals surface area contributed by atoms with Crippen LogP contribution in [0.2, 0.25) is 0 Å². The smallest absolute Gasteiger partial charge is 0.295 e. The van der Waals surface area contributed by atoms with Crippen LogP contribution >= 0.6 is 0 Å². The summed E-state index contributed by atoms with van der Waals surface area (Å²) in [5, 5.41) is 20.8. The Kier molecular flexibility index (Phi) is 5.89. The molecule has 0 radical (unpaired) electrons. The summed E-state index contributed by atoms with van der Waals surface area (Å²) in [6.07, 6.45) is -0.801. The minimum absolute atomic E-state index is 0.00580. The first-order valence-electron chi connectivity index (χ1n) is 9.84. The predicted molar refractivity (Wildman–Crippen MR) is 112 cm³/mol. The van der Waals surface area contributed by atoms with Gasteiger partial charge in [0.15, 0.2) is 0 Å². The lowest BCUT2D eigenvalue weighted by atomic mass is 9.93. The lowest BCUT2D eigenvalue weighted by Crippen LogP contribution is -2.35. The van der Waals surface area contributed by atoms with Crippen LogP contribution in [0, 0.1) is 6.92 Å². The summed E-state index contributed by atoms with van der Waals surface area (Å²) >= 11 is 0. The van der Waals surface area contributed by atoms with E-state index < -0.39 is 23.8 Å². The van der Waals surface area contributed by atoms with Crippen molar-refractivity contribution in [3.05, 3.63) is 76.4 Å². The number of hydrogen-bond acceptors (Lipinski definition) is 4. The Morgan fingerprint density at radius 2 is 1.59 bits per heavy atom. The van der Waals surface area contributed by atoms with Crippen molar-refractivity contribution in [3.8, 4) is 0 Å². The minimum Gasteiger partial charge on any atom is -0.507 e. The number of nitrogens with zero attached hydrogens (tertiary/aromatic N) is 1. The monoisotopic (exact) mass is 393 g/mol. The topological polar surface area (TPSA) is 77.8 Å². The van der Waals surface area contributed by atoms with Crippen LogP contribution in [0.4, 0.5) is 0 Å². The molecular weight excluding hydrogens is 366 g/mol. The standard InChI is InChI=1S/C24H27NO4/c1-14(2)17-9-11-18(12-10-17)21-20(22(27)19-7-5-15(3)6-8-19)23(28)24(29)25(21)13-16(4)26/h5-12,14,16,21,26-27H,13H2,1-4H3/t16-,21+/m1/s1. The van der Waals surface area contributed by atoms with Gasteiger partial charge in [-0.05, 0) is 30.9 Å². The summed E-state index contributed by atoms with van der Waals surface area (Å²) in [6, 6.07) is 14.1. The average molecular weight is 393 g/mol. The van der Waals surface area contributed by atoms with Crippen molar-refractivity contribution in [1.82, 2.24) is 4.90 Å². The zero-order chi connectivity index (χ0) is 21.3. The number of likely N-dealkylation sites (tertiary alicyclic amines) is 1. The van der Waals surface area contributed by atoms with Gasteiger partial charge >= 0.3 is 0 Å². The van der Waals surface area contributed by atoms with Crippen LogP contribution in [-0.2, 0) is 9.59 Å². The third-order valence-corrected chi connectivity index (χ3v) is 5.24. The molecule has 1 aliphatic heterocycles. The number of aliphatic hydroxyl groups excluding tert-OH is 2. The van der Waals surface area contributed by atoms with Crippen LogP contribution in [0.5, 0.6) is 0 Å². The summed E-state index contributed by atoms with van der Waals surface area (Å²) in [6.45, 7) is 7.68. The third-order valence-electron chi connectivity index (χ3n) is 5.24. The summed E-state index contributed by atoms with van der Waals surface area (Å²) in [4.78, 5) is 26.9. The van der Waals surface area contributed by atoms with E-state index in [0.29, 0.717) is 11.5 Å². The van der Waals surface area contributed by atoms with Crippen LogP contribution in [0.15, 0.2) is 54.1 Å². The lowest BCUT2D eigenvalue weighted by Gasteiger charge is -2.26. The molecule has 0 aliphatic carbocycles. The Morgan fingerprint density at radius 1 is 1.00 bits per heavy atom. The van der Waals surface area contributed by atoms with E-state index in [2.05, 4.69) is 13.8 Å². The highest BCUT2D eigenvalue weighted by Gasteiger charge is 2.46. The first-order chi connectivity index (χ1) is 13.7. The maximum atomic E-state index is 12.8. The number of ketones is 1. The Balaban J connectivity index is 2.15. The van der Waals surface area contributed by atoms with Crippen molar-refractivity contribution in [2.24, 2.45) is 0 Å². The molecule has 2 N–H and O–H groups in total. The van der Waals surface area contributed by atoms with Crippen molar-refractivity contribution in [3.63, 3.8) is 0 Å². The fourth-order valence-corrected chi connectivity index (χ4v) is 3.63. The summed E-state index contributed by atoms with van der Waals surface area (Å²) < 4.78 is 0. The Labute approximate surface area is 171 Å². The molecule has 2 aromatic rings. The van der Waals surface area contributed by atoms with Crippen molar-refractivity contribution in [2.75, 3.05) is 6.54 Å². The molecule has 0 aromatic heterocycles. The normalized spacial score (nSPS) is 19.8. The number of benzene rings is 2. The molecule has 5 nitrogen and oxygen atoms in total. The van der Waals surface area contributed by atoms with Crippen LogP contribution in [0.25, 0.3) is 5.76 Å². The van der Waals surface area contributed by atoms with Crippen molar-refractivity contribution in [2.45, 2.75) is 45.8 Å². The SMILES string of the molecule is Cc1ccc(C(O)=C2C(=O)C(=O)N(C[C@@H](C)O)[C@H]2c2ccc(C(C)C)cc2)cc1. The van der Waals surface area contributed by atoms with E-state index in [-0.39, 0.29) is 17.9 Å². The zero-order valence-corrected chi connectivity index (χ0v) is 17.2. The Hall–Kier alpha value is -2.92. The number of aryl methyl sites for hydroxylation is 1. The van der Waals surface area contributed by atoms with Gasteiger partial charge in [0, 0.05) is 12.1 Å². The highest BCUT2D eigenvalue weighted by molar-refractivity contribution is 6.46. The second kappa shape index (κ2) is 8.21. The predicted octanol–water partition coefficient (Wildman–Crippen LogP) is 3.92. The van der Waals surface area contributed by atoms with Crippen molar-refractivity contribution < 1.29 is 19.8 Å². The number of Topliss-reactive ketones (excluding diaryl/α,β-unsaturated/α-hetero) is 1. The lowest BCUT2D eigenvalue weighted by molar-refractivity contribution is -0.140. The second-order valence-corrected chi connectivity index (χ2v) is 7.99. The number of hydrogen-bond donors (Lipinski definition) is 2. The van der Waals surface area contributed by atoms with Crippen LogP contribution in [-0.4, -0.2) is 39.5 Å². The number of carbonyl (C=O) groups is 2. The minimum atomic E-state index is -0.801. The largest absolute Gasteiger partial charge is 0.507 e.